The first-order chi connectivity index (χ1) is 4.47. The van der Waals surface area contributed by atoms with Gasteiger partial charge in [0.25, 0.3) is 0 Å². The van der Waals surface area contributed by atoms with Gasteiger partial charge in [-0.2, -0.15) is 0 Å². The lowest BCUT2D eigenvalue weighted by Crippen LogP contribution is -1.77. The first-order valence-corrected chi connectivity index (χ1v) is 2.59. The minimum absolute atomic E-state index is 0.803. The molecule has 0 radical (unpaired) electrons. The second kappa shape index (κ2) is 1.51. The fraction of sp³-hybridized carbons (Fsp3) is 0. The number of rotatable bonds is 0. The van der Waals surface area contributed by atoms with Crippen molar-refractivity contribution in [1.29, 1.82) is 0 Å². The van der Waals surface area contributed by atoms with Crippen LogP contribution >= 0.6 is 0 Å². The van der Waals surface area contributed by atoms with Gasteiger partial charge in [-0.3, -0.25) is 0 Å². The predicted molar refractivity (Wildman–Crippen MR) is 30.8 cm³/mol. The predicted octanol–water partition coefficient (Wildman–Crippen LogP) is 0.304. The number of nitrogens with one attached hydrogen (secondary N) is 1. The molecule has 0 fully saturated rings. The summed E-state index contributed by atoms with van der Waals surface area (Å²) in [5, 5.41) is 10.9. The van der Waals surface area contributed by atoms with Gasteiger partial charge in [-0.15, -0.1) is 10.2 Å². The Morgan fingerprint density at radius 3 is 3.00 bits per heavy atom. The Morgan fingerprint density at radius 2 is 2.11 bits per heavy atom. The first kappa shape index (κ1) is 4.43. The molecule has 2 heterocycles. The van der Waals surface area contributed by atoms with Crippen molar-refractivity contribution in [3.63, 3.8) is 0 Å². The third-order valence-corrected chi connectivity index (χ3v) is 1.12. The molecule has 0 atom stereocenters. The summed E-state index contributed by atoms with van der Waals surface area (Å²) in [6.45, 7) is 0. The topological polar surface area (TPSA) is 54.5 Å². The van der Waals surface area contributed by atoms with E-state index >= 15 is 0 Å². The molecule has 0 saturated carbocycles. The summed E-state index contributed by atoms with van der Waals surface area (Å²) in [7, 11) is 0. The van der Waals surface area contributed by atoms with Crippen LogP contribution in [-0.4, -0.2) is 20.4 Å². The number of hydrogen-bond acceptors (Lipinski definition) is 3. The van der Waals surface area contributed by atoms with Crippen LogP contribution < -0.4 is 0 Å². The van der Waals surface area contributed by atoms with Gasteiger partial charge >= 0.3 is 0 Å². The van der Waals surface area contributed by atoms with Crippen molar-refractivity contribution < 1.29 is 0 Å². The van der Waals surface area contributed by atoms with E-state index in [0.717, 1.165) is 11.4 Å². The molecule has 0 bridgehead atoms. The van der Waals surface area contributed by atoms with Crippen LogP contribution in [0.4, 0.5) is 0 Å². The van der Waals surface area contributed by atoms with Crippen LogP contribution in [0.2, 0.25) is 0 Å². The van der Waals surface area contributed by atoms with Crippen molar-refractivity contribution >= 4 is 0 Å². The van der Waals surface area contributed by atoms with Crippen LogP contribution in [-0.2, 0) is 0 Å². The van der Waals surface area contributed by atoms with Crippen molar-refractivity contribution in [1.82, 2.24) is 20.4 Å². The number of fused-ring (bicyclic) bond motifs is 1. The number of aromatic amines is 1. The summed E-state index contributed by atoms with van der Waals surface area (Å²) in [5.74, 6) is 0. The smallest absolute Gasteiger partial charge is 0.131 e. The Hall–Kier alpha value is -1.45. The summed E-state index contributed by atoms with van der Waals surface area (Å²) in [6.07, 6.45) is 3.55. The van der Waals surface area contributed by atoms with Gasteiger partial charge in [0, 0.05) is 12.4 Å². The average Bonchev–Trinajstić information content (AvgIpc) is 2.33. The van der Waals surface area contributed by atoms with E-state index in [1.54, 1.807) is 12.4 Å². The Morgan fingerprint density at radius 1 is 1.22 bits per heavy atom. The molecular formula is C5H4N4. The zero-order valence-corrected chi connectivity index (χ0v) is 4.57. The minimum Gasteiger partial charge on any atom is -0.366 e. The number of hydrogen-bond donors (Lipinski definition) is 1. The van der Waals surface area contributed by atoms with Gasteiger partial charge in [-0.1, -0.05) is 0 Å². The molecule has 44 valence electrons. The zero-order chi connectivity index (χ0) is 6.10. The molecule has 2 rings (SSSR count). The van der Waals surface area contributed by atoms with E-state index in [-0.39, 0.29) is 0 Å². The summed E-state index contributed by atoms with van der Waals surface area (Å²) < 4.78 is 0. The SMILES string of the molecule is c1cc2nnnc-2c[nH]1. The van der Waals surface area contributed by atoms with E-state index in [9.17, 15) is 0 Å². The van der Waals surface area contributed by atoms with Gasteiger partial charge in [0.2, 0.25) is 0 Å². The number of nitrogens with zero attached hydrogens (tertiary/aromatic N) is 3. The molecular weight excluding hydrogens is 116 g/mol. The first-order valence-electron chi connectivity index (χ1n) is 2.59. The lowest BCUT2D eigenvalue weighted by molar-refractivity contribution is 0.953. The second-order valence-corrected chi connectivity index (χ2v) is 1.70. The maximum Gasteiger partial charge on any atom is 0.131 e. The second-order valence-electron chi connectivity index (χ2n) is 1.70. The minimum atomic E-state index is 0.803. The molecule has 0 unspecified atom stereocenters. The monoisotopic (exact) mass is 120 g/mol. The summed E-state index contributed by atoms with van der Waals surface area (Å²) in [6, 6.07) is 1.83. The van der Waals surface area contributed by atoms with Crippen LogP contribution in [0.5, 0.6) is 0 Å². The highest BCUT2D eigenvalue weighted by molar-refractivity contribution is 5.51. The van der Waals surface area contributed by atoms with Crippen LogP contribution in [0.25, 0.3) is 11.4 Å². The Bertz CT molecular complexity index is 249. The largest absolute Gasteiger partial charge is 0.366 e. The highest BCUT2D eigenvalue weighted by atomic mass is 15.3. The molecule has 1 N–H and O–H groups in total. The summed E-state index contributed by atoms with van der Waals surface area (Å²) in [4.78, 5) is 2.88. The number of aromatic nitrogens is 4. The van der Waals surface area contributed by atoms with E-state index in [2.05, 4.69) is 20.4 Å². The van der Waals surface area contributed by atoms with Gasteiger partial charge in [-0.25, -0.2) is 0 Å². The fourth-order valence-corrected chi connectivity index (χ4v) is 0.697. The van der Waals surface area contributed by atoms with Crippen LogP contribution in [0.1, 0.15) is 0 Å². The molecule has 9 heavy (non-hydrogen) atoms. The van der Waals surface area contributed by atoms with Gasteiger partial charge in [0.1, 0.15) is 11.4 Å². The van der Waals surface area contributed by atoms with Gasteiger partial charge < -0.3 is 4.98 Å². The number of pyridine rings is 1. The van der Waals surface area contributed by atoms with Crippen molar-refractivity contribution in [3.8, 4) is 11.4 Å². The summed E-state index contributed by atoms with van der Waals surface area (Å²) >= 11 is 0. The highest BCUT2D eigenvalue weighted by Gasteiger charge is 2.02. The third kappa shape index (κ3) is 0.561. The average molecular weight is 120 g/mol. The third-order valence-electron chi connectivity index (χ3n) is 1.12. The van der Waals surface area contributed by atoms with E-state index < -0.39 is 0 Å². The van der Waals surface area contributed by atoms with Crippen molar-refractivity contribution in [2.24, 2.45) is 0 Å². The van der Waals surface area contributed by atoms with E-state index in [1.807, 2.05) is 6.07 Å². The molecule has 0 aliphatic carbocycles. The molecule has 0 spiro atoms. The molecule has 0 aromatic carbocycles. The van der Waals surface area contributed by atoms with E-state index in [4.69, 9.17) is 0 Å². The van der Waals surface area contributed by atoms with Crippen molar-refractivity contribution in [2.75, 3.05) is 0 Å². The molecule has 2 aliphatic rings. The maximum atomic E-state index is 3.74. The maximum absolute atomic E-state index is 3.74. The van der Waals surface area contributed by atoms with Crippen molar-refractivity contribution in [3.05, 3.63) is 18.5 Å². The van der Waals surface area contributed by atoms with Crippen LogP contribution in [0, 0.1) is 0 Å². The van der Waals surface area contributed by atoms with Gasteiger partial charge in [0.05, 0.1) is 0 Å². The zero-order valence-electron chi connectivity index (χ0n) is 4.57. The van der Waals surface area contributed by atoms with Gasteiger partial charge in [-0.05, 0) is 11.3 Å². The molecule has 0 amide bonds. The molecule has 4 nitrogen and oxygen atoms in total. The molecule has 4 heteroatoms. The lowest BCUT2D eigenvalue weighted by Gasteiger charge is -1.87. The molecule has 2 aliphatic heterocycles. The van der Waals surface area contributed by atoms with Gasteiger partial charge in [0.15, 0.2) is 0 Å². The molecule has 0 aromatic rings. The Labute approximate surface area is 51.3 Å². The van der Waals surface area contributed by atoms with E-state index in [0.29, 0.717) is 0 Å². The summed E-state index contributed by atoms with van der Waals surface area (Å²) in [5.41, 5.74) is 1.63. The fourth-order valence-electron chi connectivity index (χ4n) is 0.697. The Kier molecular flexibility index (Phi) is 0.745. The Balaban J connectivity index is 2.79. The normalized spacial score (nSPS) is 10.2. The van der Waals surface area contributed by atoms with E-state index in [1.165, 1.54) is 0 Å². The molecule has 0 aromatic heterocycles. The standard InChI is InChI=1S/C5H4N4/c1-2-6-3-5-4(1)7-9-8-5/h1-3,6H. The number of H-pyrrole nitrogens is 1. The van der Waals surface area contributed by atoms with Crippen LogP contribution in [0.15, 0.2) is 18.5 Å². The van der Waals surface area contributed by atoms with Crippen molar-refractivity contribution in [2.45, 2.75) is 0 Å². The molecule has 0 saturated heterocycles. The quantitative estimate of drug-likeness (QED) is 0.544. The van der Waals surface area contributed by atoms with Crippen LogP contribution in [0.3, 0.4) is 0 Å². The highest BCUT2D eigenvalue weighted by Crippen LogP contribution is 2.10. The lowest BCUT2D eigenvalue weighted by atomic mass is 10.3.